The summed E-state index contributed by atoms with van der Waals surface area (Å²) in [6.07, 6.45) is 0. The van der Waals surface area contributed by atoms with Crippen LogP contribution in [0.1, 0.15) is 24.1 Å². The van der Waals surface area contributed by atoms with Gasteiger partial charge in [0, 0.05) is 0 Å². The number of aromatic amines is 1. The third-order valence-corrected chi connectivity index (χ3v) is 4.27. The number of aromatic nitrogens is 2. The third kappa shape index (κ3) is 3.42. The molecule has 1 amide bonds. The summed E-state index contributed by atoms with van der Waals surface area (Å²) in [7, 11) is 0. The zero-order valence-electron chi connectivity index (χ0n) is 14.4. The van der Waals surface area contributed by atoms with Crippen LogP contribution in [0.4, 0.5) is 4.39 Å². The first-order chi connectivity index (χ1) is 12.4. The van der Waals surface area contributed by atoms with Crippen LogP contribution in [-0.2, 0) is 11.3 Å². The summed E-state index contributed by atoms with van der Waals surface area (Å²) in [5, 5.41) is 3.07. The summed E-state index contributed by atoms with van der Waals surface area (Å²) >= 11 is 0. The van der Waals surface area contributed by atoms with E-state index in [1.54, 1.807) is 44.2 Å². The Morgan fingerprint density at radius 3 is 2.69 bits per heavy atom. The molecule has 7 heteroatoms. The number of fused-ring (bicyclic) bond motifs is 1. The number of benzene rings is 2. The van der Waals surface area contributed by atoms with Gasteiger partial charge >= 0.3 is 5.69 Å². The molecular weight excluding hydrogens is 337 g/mol. The van der Waals surface area contributed by atoms with Crippen molar-refractivity contribution in [3.05, 3.63) is 80.2 Å². The minimum absolute atomic E-state index is 0.335. The van der Waals surface area contributed by atoms with Gasteiger partial charge in [-0.1, -0.05) is 18.2 Å². The maximum absolute atomic E-state index is 13.2. The molecule has 0 unspecified atom stereocenters. The van der Waals surface area contributed by atoms with Crippen molar-refractivity contribution in [2.24, 2.45) is 0 Å². The normalized spacial score (nSPS) is 12.1. The molecule has 0 saturated heterocycles. The van der Waals surface area contributed by atoms with E-state index in [-0.39, 0.29) is 5.82 Å². The minimum atomic E-state index is -0.644. The quantitative estimate of drug-likeness (QED) is 0.751. The molecule has 1 atom stereocenters. The number of para-hydroxylation sites is 1. The van der Waals surface area contributed by atoms with E-state index in [0.717, 1.165) is 10.1 Å². The molecule has 0 saturated carbocycles. The van der Waals surface area contributed by atoms with E-state index in [1.807, 2.05) is 0 Å². The molecule has 134 valence electrons. The van der Waals surface area contributed by atoms with Crippen molar-refractivity contribution < 1.29 is 9.18 Å². The summed E-state index contributed by atoms with van der Waals surface area (Å²) in [4.78, 5) is 39.5. The van der Waals surface area contributed by atoms with Crippen molar-refractivity contribution in [3.63, 3.8) is 0 Å². The van der Waals surface area contributed by atoms with Gasteiger partial charge < -0.3 is 10.3 Å². The lowest BCUT2D eigenvalue weighted by Gasteiger charge is -2.17. The Morgan fingerprint density at radius 2 is 1.96 bits per heavy atom. The van der Waals surface area contributed by atoms with Crippen molar-refractivity contribution in [3.8, 4) is 0 Å². The highest BCUT2D eigenvalue weighted by Gasteiger charge is 2.15. The first-order valence-corrected chi connectivity index (χ1v) is 8.14. The molecule has 26 heavy (non-hydrogen) atoms. The number of aryl methyl sites for hydroxylation is 1. The van der Waals surface area contributed by atoms with Gasteiger partial charge in [0.15, 0.2) is 0 Å². The minimum Gasteiger partial charge on any atom is -0.348 e. The lowest BCUT2D eigenvalue weighted by atomic mass is 10.0. The highest BCUT2D eigenvalue weighted by Crippen LogP contribution is 2.18. The summed E-state index contributed by atoms with van der Waals surface area (Å²) in [6, 6.07) is 10.5. The number of halogens is 1. The van der Waals surface area contributed by atoms with Gasteiger partial charge in [0.25, 0.3) is 5.56 Å². The van der Waals surface area contributed by atoms with E-state index in [4.69, 9.17) is 0 Å². The predicted octanol–water partition coefficient (Wildman–Crippen LogP) is 2.01. The van der Waals surface area contributed by atoms with E-state index in [2.05, 4.69) is 10.3 Å². The molecule has 1 aromatic heterocycles. The second kappa shape index (κ2) is 6.95. The first-order valence-electron chi connectivity index (χ1n) is 8.14. The Kier molecular flexibility index (Phi) is 4.71. The van der Waals surface area contributed by atoms with Crippen LogP contribution in [0.2, 0.25) is 0 Å². The van der Waals surface area contributed by atoms with Crippen LogP contribution in [0, 0.1) is 12.7 Å². The maximum Gasteiger partial charge on any atom is 0.329 e. The Morgan fingerprint density at radius 1 is 1.23 bits per heavy atom. The number of carbonyl (C=O) groups excluding carboxylic acids is 1. The molecule has 3 aromatic rings. The van der Waals surface area contributed by atoms with Crippen LogP contribution >= 0.6 is 0 Å². The van der Waals surface area contributed by atoms with E-state index in [1.165, 1.54) is 12.1 Å². The van der Waals surface area contributed by atoms with Gasteiger partial charge in [0.2, 0.25) is 5.91 Å². The molecule has 2 aromatic carbocycles. The average Bonchev–Trinajstić information content (AvgIpc) is 2.58. The first kappa shape index (κ1) is 17.6. The van der Waals surface area contributed by atoms with Crippen molar-refractivity contribution in [1.82, 2.24) is 14.9 Å². The van der Waals surface area contributed by atoms with Gasteiger partial charge in [-0.25, -0.2) is 9.18 Å². The van der Waals surface area contributed by atoms with Crippen molar-refractivity contribution in [1.29, 1.82) is 0 Å². The molecule has 0 aliphatic heterocycles. The van der Waals surface area contributed by atoms with Crippen molar-refractivity contribution >= 4 is 16.8 Å². The molecule has 2 N–H and O–H groups in total. The molecule has 0 bridgehead atoms. The standard InChI is InChI=1S/C19H18FN3O3/c1-11-9-13(20)7-8-14(11)12(2)21-17(24)10-23-18(25)15-5-3-4-6-16(15)22-19(23)26/h3-9,12H,10H2,1-2H3,(H,21,24)(H,22,26)/t12-/m0/s1. The maximum atomic E-state index is 13.2. The largest absolute Gasteiger partial charge is 0.348 e. The number of rotatable bonds is 4. The lowest BCUT2D eigenvalue weighted by Crippen LogP contribution is -2.41. The second-order valence-corrected chi connectivity index (χ2v) is 6.16. The van der Waals surface area contributed by atoms with E-state index < -0.39 is 29.7 Å². The topological polar surface area (TPSA) is 84.0 Å². The highest BCUT2D eigenvalue weighted by molar-refractivity contribution is 5.79. The molecule has 3 rings (SSSR count). The zero-order chi connectivity index (χ0) is 18.8. The number of H-pyrrole nitrogens is 1. The van der Waals surface area contributed by atoms with Gasteiger partial charge in [-0.15, -0.1) is 0 Å². The fraction of sp³-hybridized carbons (Fsp3) is 0.211. The summed E-state index contributed by atoms with van der Waals surface area (Å²) in [6.45, 7) is 3.11. The fourth-order valence-electron chi connectivity index (χ4n) is 2.98. The molecule has 0 radical (unpaired) electrons. The van der Waals surface area contributed by atoms with Gasteiger partial charge in [-0.05, 0) is 49.2 Å². The van der Waals surface area contributed by atoms with Crippen LogP contribution in [0.15, 0.2) is 52.1 Å². The number of amides is 1. The van der Waals surface area contributed by atoms with Gasteiger partial charge in [-0.3, -0.25) is 14.2 Å². The van der Waals surface area contributed by atoms with Crippen molar-refractivity contribution in [2.45, 2.75) is 26.4 Å². The molecule has 6 nitrogen and oxygen atoms in total. The number of hydrogen-bond donors (Lipinski definition) is 2. The van der Waals surface area contributed by atoms with E-state index >= 15 is 0 Å². The van der Waals surface area contributed by atoms with E-state index in [0.29, 0.717) is 16.5 Å². The highest BCUT2D eigenvalue weighted by atomic mass is 19.1. The molecule has 0 aliphatic carbocycles. The monoisotopic (exact) mass is 355 g/mol. The zero-order valence-corrected chi connectivity index (χ0v) is 14.4. The van der Waals surface area contributed by atoms with Crippen LogP contribution in [0.25, 0.3) is 10.9 Å². The summed E-state index contributed by atoms with van der Waals surface area (Å²) in [5.41, 5.74) is 0.729. The summed E-state index contributed by atoms with van der Waals surface area (Å²) in [5.74, 6) is -0.830. The Bertz CT molecular complexity index is 1100. The van der Waals surface area contributed by atoms with Gasteiger partial charge in [0.05, 0.1) is 16.9 Å². The lowest BCUT2D eigenvalue weighted by molar-refractivity contribution is -0.122. The molecule has 0 fully saturated rings. The molecule has 0 aliphatic rings. The van der Waals surface area contributed by atoms with Crippen LogP contribution < -0.4 is 16.6 Å². The smallest absolute Gasteiger partial charge is 0.329 e. The predicted molar refractivity (Wildman–Crippen MR) is 96.5 cm³/mol. The average molecular weight is 355 g/mol. The third-order valence-electron chi connectivity index (χ3n) is 4.27. The number of nitrogens with one attached hydrogen (secondary N) is 2. The van der Waals surface area contributed by atoms with Gasteiger partial charge in [-0.2, -0.15) is 0 Å². The van der Waals surface area contributed by atoms with E-state index in [9.17, 15) is 18.8 Å². The Hall–Kier alpha value is -3.22. The Balaban J connectivity index is 1.83. The van der Waals surface area contributed by atoms with Crippen molar-refractivity contribution in [2.75, 3.05) is 0 Å². The SMILES string of the molecule is Cc1cc(F)ccc1[C@H](C)NC(=O)Cn1c(=O)[nH]c2ccccc2c1=O. The van der Waals surface area contributed by atoms with Crippen LogP contribution in [-0.4, -0.2) is 15.5 Å². The Labute approximate surface area is 148 Å². The van der Waals surface area contributed by atoms with Crippen LogP contribution in [0.3, 0.4) is 0 Å². The number of carbonyl (C=O) groups is 1. The van der Waals surface area contributed by atoms with Crippen LogP contribution in [0.5, 0.6) is 0 Å². The molecule has 1 heterocycles. The summed E-state index contributed by atoms with van der Waals surface area (Å²) < 4.78 is 14.1. The van der Waals surface area contributed by atoms with Gasteiger partial charge in [0.1, 0.15) is 12.4 Å². The molecule has 0 spiro atoms. The molecular formula is C19H18FN3O3. The fourth-order valence-corrected chi connectivity index (χ4v) is 2.98. The number of nitrogens with zero attached hydrogens (tertiary/aromatic N) is 1. The second-order valence-electron chi connectivity index (χ2n) is 6.16. The number of hydrogen-bond acceptors (Lipinski definition) is 3.